The van der Waals surface area contributed by atoms with Crippen molar-refractivity contribution in [2.45, 2.75) is 50.7 Å². The van der Waals surface area contributed by atoms with Gasteiger partial charge in [0.05, 0.1) is 22.3 Å². The van der Waals surface area contributed by atoms with Crippen molar-refractivity contribution in [1.29, 1.82) is 0 Å². The average molecular weight is 422 g/mol. The smallest absolute Gasteiger partial charge is 0.266 e. The molecule has 1 saturated heterocycles. The number of nitrogens with zero attached hydrogens (tertiary/aromatic N) is 3. The van der Waals surface area contributed by atoms with E-state index in [1.807, 2.05) is 54.3 Å². The SMILES string of the molecule is CC[C@H]1CCCCN1C(=O)CSc1nc2ccccc2c(=O)n1-c1ccc(C)cc1. The average Bonchev–Trinajstić information content (AvgIpc) is 2.78. The van der Waals surface area contributed by atoms with Crippen molar-refractivity contribution in [2.75, 3.05) is 12.3 Å². The molecule has 5 nitrogen and oxygen atoms in total. The zero-order valence-corrected chi connectivity index (χ0v) is 18.3. The summed E-state index contributed by atoms with van der Waals surface area (Å²) in [6, 6.07) is 15.5. The summed E-state index contributed by atoms with van der Waals surface area (Å²) < 4.78 is 1.63. The van der Waals surface area contributed by atoms with Gasteiger partial charge in [-0.2, -0.15) is 0 Å². The lowest BCUT2D eigenvalue weighted by molar-refractivity contribution is -0.132. The maximum atomic E-state index is 13.3. The topological polar surface area (TPSA) is 55.2 Å². The number of carbonyl (C=O) groups excluding carboxylic acids is 1. The maximum absolute atomic E-state index is 13.3. The van der Waals surface area contributed by atoms with E-state index in [0.717, 1.165) is 37.1 Å². The fourth-order valence-electron chi connectivity index (χ4n) is 4.09. The summed E-state index contributed by atoms with van der Waals surface area (Å²) in [6.45, 7) is 4.99. The Bertz CT molecular complexity index is 1110. The first-order chi connectivity index (χ1) is 14.6. The number of hydrogen-bond donors (Lipinski definition) is 0. The maximum Gasteiger partial charge on any atom is 0.266 e. The highest BCUT2D eigenvalue weighted by molar-refractivity contribution is 7.99. The Morgan fingerprint density at radius 2 is 1.90 bits per heavy atom. The van der Waals surface area contributed by atoms with Crippen LogP contribution in [0.1, 0.15) is 38.2 Å². The summed E-state index contributed by atoms with van der Waals surface area (Å²) in [7, 11) is 0. The molecule has 30 heavy (non-hydrogen) atoms. The lowest BCUT2D eigenvalue weighted by Crippen LogP contribution is -2.44. The Balaban J connectivity index is 1.69. The Kier molecular flexibility index (Phi) is 6.23. The van der Waals surface area contributed by atoms with Gasteiger partial charge in [0, 0.05) is 12.6 Å². The van der Waals surface area contributed by atoms with Gasteiger partial charge >= 0.3 is 0 Å². The normalized spacial score (nSPS) is 16.7. The van der Waals surface area contributed by atoms with Gasteiger partial charge in [0.25, 0.3) is 5.56 Å². The summed E-state index contributed by atoms with van der Waals surface area (Å²) in [5.41, 5.74) is 2.44. The van der Waals surface area contributed by atoms with Crippen LogP contribution >= 0.6 is 11.8 Å². The standard InChI is InChI=1S/C24H27N3O2S/c1-3-18-8-6-7-15-26(18)22(28)16-30-24-25-21-10-5-4-9-20(21)23(29)27(24)19-13-11-17(2)12-14-19/h4-5,9-14,18H,3,6-8,15-16H2,1-2H3/t18-/m0/s1. The van der Waals surface area contributed by atoms with E-state index >= 15 is 0 Å². The molecule has 3 aromatic rings. The predicted octanol–water partition coefficient (Wildman–Crippen LogP) is 4.58. The Morgan fingerprint density at radius 1 is 1.13 bits per heavy atom. The van der Waals surface area contributed by atoms with Gasteiger partial charge < -0.3 is 4.90 Å². The molecular weight excluding hydrogens is 394 g/mol. The van der Waals surface area contributed by atoms with Crippen molar-refractivity contribution in [3.63, 3.8) is 0 Å². The van der Waals surface area contributed by atoms with Crippen molar-refractivity contribution in [3.05, 3.63) is 64.4 Å². The molecule has 0 bridgehead atoms. The molecule has 1 aliphatic rings. The van der Waals surface area contributed by atoms with Gasteiger partial charge in [-0.05, 0) is 56.9 Å². The minimum absolute atomic E-state index is 0.108. The van der Waals surface area contributed by atoms with Gasteiger partial charge in [0.15, 0.2) is 5.16 Å². The van der Waals surface area contributed by atoms with Crippen LogP contribution in [0.2, 0.25) is 0 Å². The van der Waals surface area contributed by atoms with E-state index in [4.69, 9.17) is 4.98 Å². The number of hydrogen-bond acceptors (Lipinski definition) is 4. The molecular formula is C24H27N3O2S. The van der Waals surface area contributed by atoms with Crippen molar-refractivity contribution in [2.24, 2.45) is 0 Å². The van der Waals surface area contributed by atoms with Gasteiger partial charge in [-0.25, -0.2) is 4.98 Å². The van der Waals surface area contributed by atoms with E-state index in [-0.39, 0.29) is 17.2 Å². The van der Waals surface area contributed by atoms with Crippen LogP contribution in [0.25, 0.3) is 16.6 Å². The van der Waals surface area contributed by atoms with E-state index in [2.05, 4.69) is 6.92 Å². The number of fused-ring (bicyclic) bond motifs is 1. The van der Waals surface area contributed by atoms with E-state index in [0.29, 0.717) is 22.1 Å². The second-order valence-corrected chi connectivity index (χ2v) is 8.76. The highest BCUT2D eigenvalue weighted by atomic mass is 32.2. The Morgan fingerprint density at radius 3 is 2.67 bits per heavy atom. The lowest BCUT2D eigenvalue weighted by Gasteiger charge is -2.35. The Labute approximate surface area is 181 Å². The number of rotatable bonds is 5. The molecule has 0 unspecified atom stereocenters. The fraction of sp³-hybridized carbons (Fsp3) is 0.375. The molecule has 1 aliphatic heterocycles. The quantitative estimate of drug-likeness (QED) is 0.447. The number of thioether (sulfide) groups is 1. The molecule has 156 valence electrons. The fourth-order valence-corrected chi connectivity index (χ4v) is 4.99. The number of aromatic nitrogens is 2. The van der Waals surface area contributed by atoms with Gasteiger partial charge in [-0.1, -0.05) is 48.5 Å². The van der Waals surface area contributed by atoms with Crippen LogP contribution in [0, 0.1) is 6.92 Å². The predicted molar refractivity (Wildman–Crippen MR) is 122 cm³/mol. The minimum atomic E-state index is -0.108. The third-order valence-electron chi connectivity index (χ3n) is 5.78. The second-order valence-electron chi connectivity index (χ2n) is 7.82. The Hall–Kier alpha value is -2.60. The molecule has 1 amide bonds. The highest BCUT2D eigenvalue weighted by Gasteiger charge is 2.25. The van der Waals surface area contributed by atoms with Crippen molar-refractivity contribution in [3.8, 4) is 5.69 Å². The van der Waals surface area contributed by atoms with Gasteiger partial charge in [-0.15, -0.1) is 0 Å². The van der Waals surface area contributed by atoms with Crippen molar-refractivity contribution in [1.82, 2.24) is 14.5 Å². The van der Waals surface area contributed by atoms with Crippen LogP contribution in [0.3, 0.4) is 0 Å². The van der Waals surface area contributed by atoms with Crippen LogP contribution in [-0.2, 0) is 4.79 Å². The van der Waals surface area contributed by atoms with Crippen LogP contribution < -0.4 is 5.56 Å². The first-order valence-corrected chi connectivity index (χ1v) is 11.6. The van der Waals surface area contributed by atoms with Crippen molar-refractivity contribution < 1.29 is 4.79 Å². The van der Waals surface area contributed by atoms with Crippen LogP contribution in [0.5, 0.6) is 0 Å². The number of likely N-dealkylation sites (tertiary alicyclic amines) is 1. The molecule has 0 N–H and O–H groups in total. The molecule has 1 aromatic heterocycles. The molecule has 0 aliphatic carbocycles. The molecule has 4 rings (SSSR count). The van der Waals surface area contributed by atoms with E-state index < -0.39 is 0 Å². The third kappa shape index (κ3) is 4.15. The molecule has 0 radical (unpaired) electrons. The van der Waals surface area contributed by atoms with E-state index in [9.17, 15) is 9.59 Å². The largest absolute Gasteiger partial charge is 0.339 e. The minimum Gasteiger partial charge on any atom is -0.339 e. The summed E-state index contributed by atoms with van der Waals surface area (Å²) in [5.74, 6) is 0.414. The summed E-state index contributed by atoms with van der Waals surface area (Å²) in [4.78, 5) is 33.0. The second kappa shape index (κ2) is 9.04. The number of piperidine rings is 1. The van der Waals surface area contributed by atoms with E-state index in [1.54, 1.807) is 10.6 Å². The van der Waals surface area contributed by atoms with Crippen molar-refractivity contribution >= 4 is 28.6 Å². The monoisotopic (exact) mass is 421 g/mol. The first-order valence-electron chi connectivity index (χ1n) is 10.6. The number of benzene rings is 2. The number of aryl methyl sites for hydroxylation is 1. The van der Waals surface area contributed by atoms with Crippen LogP contribution in [0.4, 0.5) is 0 Å². The molecule has 2 heterocycles. The molecule has 1 atom stereocenters. The highest BCUT2D eigenvalue weighted by Crippen LogP contribution is 2.25. The molecule has 0 spiro atoms. The number of amides is 1. The van der Waals surface area contributed by atoms with Crippen LogP contribution in [-0.4, -0.2) is 38.7 Å². The number of carbonyl (C=O) groups is 1. The molecule has 2 aromatic carbocycles. The van der Waals surface area contributed by atoms with Gasteiger partial charge in [0.2, 0.25) is 5.91 Å². The zero-order valence-electron chi connectivity index (χ0n) is 17.5. The molecule has 6 heteroatoms. The van der Waals surface area contributed by atoms with Gasteiger partial charge in [0.1, 0.15) is 0 Å². The zero-order chi connectivity index (χ0) is 21.1. The third-order valence-corrected chi connectivity index (χ3v) is 6.70. The van der Waals surface area contributed by atoms with E-state index in [1.165, 1.54) is 18.2 Å². The number of para-hydroxylation sites is 1. The summed E-state index contributed by atoms with van der Waals surface area (Å²) >= 11 is 1.35. The van der Waals surface area contributed by atoms with Crippen LogP contribution in [0.15, 0.2) is 58.5 Å². The lowest BCUT2D eigenvalue weighted by atomic mass is 10.0. The summed E-state index contributed by atoms with van der Waals surface area (Å²) in [6.07, 6.45) is 4.32. The summed E-state index contributed by atoms with van der Waals surface area (Å²) in [5, 5.41) is 1.14. The first kappa shape index (κ1) is 20.7. The molecule has 1 fully saturated rings. The van der Waals surface area contributed by atoms with Gasteiger partial charge in [-0.3, -0.25) is 14.2 Å². The molecule has 0 saturated carbocycles.